The average molecular weight is 493 g/mol. The molecule has 1 unspecified atom stereocenters. The predicted molar refractivity (Wildman–Crippen MR) is 130 cm³/mol. The van der Waals surface area contributed by atoms with Crippen LogP contribution in [-0.4, -0.2) is 54.5 Å². The van der Waals surface area contributed by atoms with Gasteiger partial charge in [-0.05, 0) is 57.9 Å². The van der Waals surface area contributed by atoms with Crippen LogP contribution >= 0.6 is 11.3 Å². The van der Waals surface area contributed by atoms with E-state index in [1.165, 1.54) is 18.3 Å². The van der Waals surface area contributed by atoms with Crippen LogP contribution in [0.4, 0.5) is 5.00 Å². The number of hydrogen-bond donors (Lipinski definition) is 1. The molecule has 2 aliphatic rings. The second kappa shape index (κ2) is 10.9. The third-order valence-corrected chi connectivity index (χ3v) is 7.51. The van der Waals surface area contributed by atoms with Crippen molar-refractivity contribution in [2.45, 2.75) is 79.2 Å². The summed E-state index contributed by atoms with van der Waals surface area (Å²) >= 11 is 1.40. The largest absolute Gasteiger partial charge is 0.462 e. The fourth-order valence-corrected chi connectivity index (χ4v) is 5.68. The number of nitrogens with one attached hydrogen (secondary N) is 1. The van der Waals surface area contributed by atoms with Gasteiger partial charge in [-0.1, -0.05) is 20.8 Å². The maximum atomic E-state index is 12.8. The first kappa shape index (κ1) is 26.2. The van der Waals surface area contributed by atoms with Gasteiger partial charge in [0.2, 0.25) is 5.91 Å². The molecule has 0 saturated carbocycles. The minimum Gasteiger partial charge on any atom is -0.462 e. The quantitative estimate of drug-likeness (QED) is 0.603. The van der Waals surface area contributed by atoms with Crippen molar-refractivity contribution < 1.29 is 28.7 Å². The Balaban J connectivity index is 1.59. The number of thiophene rings is 1. The minimum absolute atomic E-state index is 0.0723. The molecule has 2 amide bonds. The van der Waals surface area contributed by atoms with Crippen molar-refractivity contribution in [1.82, 2.24) is 4.90 Å². The highest BCUT2D eigenvalue weighted by Gasteiger charge is 2.34. The Kier molecular flexibility index (Phi) is 8.38. The van der Waals surface area contributed by atoms with E-state index >= 15 is 0 Å². The van der Waals surface area contributed by atoms with Gasteiger partial charge in [-0.3, -0.25) is 14.4 Å². The van der Waals surface area contributed by atoms with Gasteiger partial charge in [0.15, 0.2) is 6.10 Å². The van der Waals surface area contributed by atoms with Crippen molar-refractivity contribution in [3.8, 4) is 0 Å². The predicted octanol–water partition coefficient (Wildman–Crippen LogP) is 3.96. The number of fused-ring (bicyclic) bond motifs is 1. The monoisotopic (exact) mass is 492 g/mol. The van der Waals surface area contributed by atoms with Crippen molar-refractivity contribution in [3.05, 3.63) is 16.0 Å². The number of rotatable bonds is 6. The highest BCUT2D eigenvalue weighted by molar-refractivity contribution is 7.17. The van der Waals surface area contributed by atoms with Crippen molar-refractivity contribution in [2.75, 3.05) is 25.0 Å². The maximum Gasteiger partial charge on any atom is 0.341 e. The molecule has 1 aliphatic carbocycles. The van der Waals surface area contributed by atoms with E-state index in [4.69, 9.17) is 9.47 Å². The molecular weight excluding hydrogens is 456 g/mol. The molecule has 9 heteroatoms. The molecule has 0 aromatic carbocycles. The number of carbonyl (C=O) groups excluding carboxylic acids is 4. The SMILES string of the molecule is CCOC(=O)c1c(NC(=O)C(C)OC(=O)C2CCN(C(=O)C(C)(C)C)CC2)sc2c1CCCC2. The highest BCUT2D eigenvalue weighted by Crippen LogP contribution is 2.38. The number of carbonyl (C=O) groups is 4. The molecule has 188 valence electrons. The Morgan fingerprint density at radius 3 is 2.38 bits per heavy atom. The Hall–Kier alpha value is -2.42. The van der Waals surface area contributed by atoms with E-state index in [0.717, 1.165) is 36.1 Å². The fraction of sp³-hybridized carbons (Fsp3) is 0.680. The van der Waals surface area contributed by atoms with E-state index in [-0.39, 0.29) is 18.4 Å². The molecule has 1 saturated heterocycles. The van der Waals surface area contributed by atoms with Gasteiger partial charge < -0.3 is 19.7 Å². The van der Waals surface area contributed by atoms with E-state index in [2.05, 4.69) is 5.32 Å². The molecule has 0 radical (unpaired) electrons. The van der Waals surface area contributed by atoms with E-state index in [1.807, 2.05) is 20.8 Å². The number of hydrogen-bond acceptors (Lipinski definition) is 7. The van der Waals surface area contributed by atoms with E-state index in [0.29, 0.717) is 36.5 Å². The second-order valence-electron chi connectivity index (χ2n) is 10.0. The van der Waals surface area contributed by atoms with Crippen LogP contribution in [0.3, 0.4) is 0 Å². The number of nitrogens with zero attached hydrogens (tertiary/aromatic N) is 1. The molecule has 1 N–H and O–H groups in total. The third kappa shape index (κ3) is 5.98. The Bertz CT molecular complexity index is 940. The van der Waals surface area contributed by atoms with Crippen molar-refractivity contribution in [2.24, 2.45) is 11.3 Å². The molecule has 34 heavy (non-hydrogen) atoms. The summed E-state index contributed by atoms with van der Waals surface area (Å²) in [6.07, 6.45) is 3.74. The zero-order valence-corrected chi connectivity index (χ0v) is 21.6. The van der Waals surface area contributed by atoms with Gasteiger partial charge in [-0.15, -0.1) is 11.3 Å². The second-order valence-corrected chi connectivity index (χ2v) is 11.1. The van der Waals surface area contributed by atoms with Gasteiger partial charge in [0.25, 0.3) is 5.91 Å². The van der Waals surface area contributed by atoms with Crippen LogP contribution in [0, 0.1) is 11.3 Å². The van der Waals surface area contributed by atoms with Gasteiger partial charge >= 0.3 is 11.9 Å². The van der Waals surface area contributed by atoms with Crippen molar-refractivity contribution in [1.29, 1.82) is 0 Å². The molecular formula is C25H36N2O6S. The van der Waals surface area contributed by atoms with Crippen LogP contribution < -0.4 is 5.32 Å². The molecule has 3 rings (SSSR count). The normalized spacial score (nSPS) is 17.5. The zero-order chi connectivity index (χ0) is 25.0. The van der Waals surface area contributed by atoms with E-state index < -0.39 is 29.4 Å². The lowest BCUT2D eigenvalue weighted by Gasteiger charge is -2.35. The van der Waals surface area contributed by atoms with Crippen LogP contribution in [0.15, 0.2) is 0 Å². The molecule has 2 heterocycles. The number of amides is 2. The van der Waals surface area contributed by atoms with Gasteiger partial charge in [0, 0.05) is 23.4 Å². The molecule has 1 atom stereocenters. The molecule has 1 aromatic heterocycles. The molecule has 8 nitrogen and oxygen atoms in total. The van der Waals surface area contributed by atoms with Gasteiger partial charge in [-0.2, -0.15) is 0 Å². The summed E-state index contributed by atoms with van der Waals surface area (Å²) in [5.41, 5.74) is 0.944. The first-order chi connectivity index (χ1) is 16.0. The summed E-state index contributed by atoms with van der Waals surface area (Å²) in [4.78, 5) is 53.5. The summed E-state index contributed by atoms with van der Waals surface area (Å²) in [5.74, 6) is -1.61. The summed E-state index contributed by atoms with van der Waals surface area (Å²) in [6, 6.07) is 0. The summed E-state index contributed by atoms with van der Waals surface area (Å²) in [7, 11) is 0. The molecule has 0 bridgehead atoms. The first-order valence-electron chi connectivity index (χ1n) is 12.1. The third-order valence-electron chi connectivity index (χ3n) is 6.31. The lowest BCUT2D eigenvalue weighted by atomic mass is 9.91. The molecule has 0 spiro atoms. The van der Waals surface area contributed by atoms with Gasteiger partial charge in [0.05, 0.1) is 18.1 Å². The minimum atomic E-state index is -1.00. The zero-order valence-electron chi connectivity index (χ0n) is 20.8. The topological polar surface area (TPSA) is 102 Å². The Morgan fingerprint density at radius 2 is 1.76 bits per heavy atom. The van der Waals surface area contributed by atoms with Gasteiger partial charge in [0.1, 0.15) is 5.00 Å². The Labute approximate surface area is 205 Å². The van der Waals surface area contributed by atoms with Crippen molar-refractivity contribution >= 4 is 40.1 Å². The van der Waals surface area contributed by atoms with Crippen molar-refractivity contribution in [3.63, 3.8) is 0 Å². The number of aryl methyl sites for hydroxylation is 1. The van der Waals surface area contributed by atoms with Crippen LogP contribution in [0.5, 0.6) is 0 Å². The van der Waals surface area contributed by atoms with Crippen LogP contribution in [-0.2, 0) is 36.7 Å². The smallest absolute Gasteiger partial charge is 0.341 e. The fourth-order valence-electron chi connectivity index (χ4n) is 4.40. The first-order valence-corrected chi connectivity index (χ1v) is 13.0. The van der Waals surface area contributed by atoms with Crippen LogP contribution in [0.1, 0.15) is 81.1 Å². The molecule has 1 fully saturated rings. The Morgan fingerprint density at radius 1 is 1.12 bits per heavy atom. The number of anilines is 1. The standard InChI is InChI=1S/C25H36N2O6S/c1-6-32-23(30)19-17-9-7-8-10-18(17)34-21(19)26-20(28)15(2)33-22(29)16-11-13-27(14-12-16)24(31)25(3,4)5/h15-16H,6-14H2,1-5H3,(H,26,28). The summed E-state index contributed by atoms with van der Waals surface area (Å²) in [6.45, 7) is 10.2. The summed E-state index contributed by atoms with van der Waals surface area (Å²) in [5, 5.41) is 3.27. The highest BCUT2D eigenvalue weighted by atomic mass is 32.1. The number of piperidine rings is 1. The average Bonchev–Trinajstić information content (AvgIpc) is 3.16. The lowest BCUT2D eigenvalue weighted by Crippen LogP contribution is -2.45. The molecule has 1 aliphatic heterocycles. The van der Waals surface area contributed by atoms with Gasteiger partial charge in [-0.25, -0.2) is 4.79 Å². The number of esters is 2. The molecule has 1 aromatic rings. The number of ether oxygens (including phenoxy) is 2. The number of likely N-dealkylation sites (tertiary alicyclic amines) is 1. The summed E-state index contributed by atoms with van der Waals surface area (Å²) < 4.78 is 10.7. The van der Waals surface area contributed by atoms with E-state index in [9.17, 15) is 19.2 Å². The lowest BCUT2D eigenvalue weighted by molar-refractivity contribution is -0.160. The van der Waals surface area contributed by atoms with E-state index in [1.54, 1.807) is 11.8 Å². The van der Waals surface area contributed by atoms with Crippen LogP contribution in [0.25, 0.3) is 0 Å². The van der Waals surface area contributed by atoms with Crippen LogP contribution in [0.2, 0.25) is 0 Å². The maximum absolute atomic E-state index is 12.8.